The van der Waals surface area contributed by atoms with Crippen molar-refractivity contribution in [3.05, 3.63) is 47.2 Å². The maximum atomic E-state index is 13.3. The number of hydrogen-bond acceptors (Lipinski definition) is 3. The smallest absolute Gasteiger partial charge is 0.346 e. The molecule has 0 saturated heterocycles. The van der Waals surface area contributed by atoms with Crippen LogP contribution >= 0.6 is 0 Å². The second kappa shape index (κ2) is 5.08. The molecule has 0 aliphatic heterocycles. The van der Waals surface area contributed by atoms with Crippen molar-refractivity contribution in [3.63, 3.8) is 0 Å². The van der Waals surface area contributed by atoms with E-state index in [2.05, 4.69) is 0 Å². The van der Waals surface area contributed by atoms with Crippen LogP contribution in [0.3, 0.4) is 0 Å². The fourth-order valence-corrected chi connectivity index (χ4v) is 1.67. The topological polar surface area (TPSA) is 43.4 Å². The Morgan fingerprint density at radius 3 is 2.67 bits per heavy atom. The second-order valence-electron chi connectivity index (χ2n) is 3.94. The van der Waals surface area contributed by atoms with Gasteiger partial charge in [0.2, 0.25) is 0 Å². The van der Waals surface area contributed by atoms with E-state index < -0.39 is 17.6 Å². The molecular weight excluding hydrogens is 242 g/mol. The Kier molecular flexibility index (Phi) is 3.50. The summed E-state index contributed by atoms with van der Waals surface area (Å²) in [7, 11) is 0. The average molecular weight is 252 g/mol. The van der Waals surface area contributed by atoms with E-state index in [4.69, 9.17) is 4.74 Å². The van der Waals surface area contributed by atoms with Gasteiger partial charge in [-0.3, -0.25) is 4.79 Å². The zero-order chi connectivity index (χ0) is 13.1. The van der Waals surface area contributed by atoms with Gasteiger partial charge in [-0.2, -0.15) is 0 Å². The highest BCUT2D eigenvalue weighted by Crippen LogP contribution is 2.19. The van der Waals surface area contributed by atoms with Crippen molar-refractivity contribution in [2.24, 2.45) is 0 Å². The molecule has 0 heterocycles. The van der Waals surface area contributed by atoms with Gasteiger partial charge in [0, 0.05) is 25.0 Å². The molecule has 0 fully saturated rings. The Morgan fingerprint density at radius 2 is 2.00 bits per heavy atom. The summed E-state index contributed by atoms with van der Waals surface area (Å²) in [4.78, 5) is 22.7. The van der Waals surface area contributed by atoms with Gasteiger partial charge in [0.15, 0.2) is 5.78 Å². The van der Waals surface area contributed by atoms with Crippen molar-refractivity contribution in [1.82, 2.24) is 0 Å². The number of benzene rings is 1. The van der Waals surface area contributed by atoms with E-state index in [1.807, 2.05) is 0 Å². The van der Waals surface area contributed by atoms with Crippen molar-refractivity contribution >= 4 is 11.8 Å². The van der Waals surface area contributed by atoms with Gasteiger partial charge < -0.3 is 4.74 Å². The van der Waals surface area contributed by atoms with Gasteiger partial charge in [0.25, 0.3) is 0 Å². The summed E-state index contributed by atoms with van der Waals surface area (Å²) in [6, 6.07) is 2.59. The van der Waals surface area contributed by atoms with Crippen LogP contribution < -0.4 is 0 Å². The third kappa shape index (κ3) is 2.80. The van der Waals surface area contributed by atoms with Gasteiger partial charge in [-0.05, 0) is 18.6 Å². The molecule has 1 aromatic carbocycles. The molecule has 0 radical (unpaired) electrons. The van der Waals surface area contributed by atoms with Crippen molar-refractivity contribution in [3.8, 4) is 0 Å². The van der Waals surface area contributed by atoms with Gasteiger partial charge in [-0.1, -0.05) is 0 Å². The van der Waals surface area contributed by atoms with Crippen molar-refractivity contribution in [2.45, 2.75) is 19.3 Å². The van der Waals surface area contributed by atoms with Gasteiger partial charge >= 0.3 is 5.97 Å². The molecular formula is C13H10F2O3. The Bertz CT molecular complexity index is 535. The third-order valence-electron chi connectivity index (χ3n) is 2.54. The quantitative estimate of drug-likeness (QED) is 0.760. The number of allylic oxidation sites excluding steroid dienone is 2. The van der Waals surface area contributed by atoms with Gasteiger partial charge in [-0.15, -0.1) is 0 Å². The standard InChI is InChI=1S/C13H10F2O3/c14-8-4-5-11(12(15)6-8)13(17)18-10-3-1-2-9(16)7-10/h4-7H,1-3H2. The van der Waals surface area contributed by atoms with Crippen LogP contribution in [0, 0.1) is 11.6 Å². The Morgan fingerprint density at radius 1 is 1.22 bits per heavy atom. The highest BCUT2D eigenvalue weighted by atomic mass is 19.1. The number of ether oxygens (including phenoxy) is 1. The Hall–Kier alpha value is -2.04. The van der Waals surface area contributed by atoms with E-state index in [0.29, 0.717) is 25.3 Å². The summed E-state index contributed by atoms with van der Waals surface area (Å²) >= 11 is 0. The van der Waals surface area contributed by atoms with Gasteiger partial charge in [0.1, 0.15) is 17.4 Å². The number of hydrogen-bond donors (Lipinski definition) is 0. The molecule has 0 saturated carbocycles. The molecule has 94 valence electrons. The third-order valence-corrected chi connectivity index (χ3v) is 2.54. The van der Waals surface area contributed by atoms with E-state index >= 15 is 0 Å². The Balaban J connectivity index is 2.15. The minimum absolute atomic E-state index is 0.122. The summed E-state index contributed by atoms with van der Waals surface area (Å²) in [5, 5.41) is 0. The lowest BCUT2D eigenvalue weighted by molar-refractivity contribution is -0.115. The monoisotopic (exact) mass is 252 g/mol. The predicted molar refractivity (Wildman–Crippen MR) is 58.7 cm³/mol. The molecule has 18 heavy (non-hydrogen) atoms. The highest BCUT2D eigenvalue weighted by molar-refractivity contribution is 5.93. The molecule has 0 atom stereocenters. The molecule has 2 rings (SSSR count). The first kappa shape index (κ1) is 12.4. The first-order chi connectivity index (χ1) is 8.56. The lowest BCUT2D eigenvalue weighted by Gasteiger charge is -2.12. The number of carbonyl (C=O) groups excluding carboxylic acids is 2. The number of halogens is 2. The number of carbonyl (C=O) groups is 2. The summed E-state index contributed by atoms with van der Waals surface area (Å²) in [5.41, 5.74) is -0.352. The van der Waals surface area contributed by atoms with Gasteiger partial charge in [0.05, 0.1) is 5.56 Å². The fourth-order valence-electron chi connectivity index (χ4n) is 1.67. The lowest BCUT2D eigenvalue weighted by Crippen LogP contribution is -2.11. The minimum Gasteiger partial charge on any atom is -0.427 e. The average Bonchev–Trinajstić information content (AvgIpc) is 2.28. The zero-order valence-corrected chi connectivity index (χ0v) is 9.41. The van der Waals surface area contributed by atoms with Crippen LogP contribution in [-0.4, -0.2) is 11.8 Å². The first-order valence-electron chi connectivity index (χ1n) is 5.47. The molecule has 0 N–H and O–H groups in total. The van der Waals surface area contributed by atoms with E-state index in [1.165, 1.54) is 6.08 Å². The van der Waals surface area contributed by atoms with Crippen LogP contribution in [0.2, 0.25) is 0 Å². The first-order valence-corrected chi connectivity index (χ1v) is 5.47. The maximum Gasteiger partial charge on any atom is 0.346 e. The maximum absolute atomic E-state index is 13.3. The minimum atomic E-state index is -0.984. The van der Waals surface area contributed by atoms with E-state index in [1.54, 1.807) is 0 Å². The molecule has 0 bridgehead atoms. The molecule has 0 spiro atoms. The summed E-state index contributed by atoms with van der Waals surface area (Å²) in [5.74, 6) is -2.57. The lowest BCUT2D eigenvalue weighted by atomic mass is 10.1. The molecule has 1 aromatic rings. The number of esters is 1. The zero-order valence-electron chi connectivity index (χ0n) is 9.41. The van der Waals surface area contributed by atoms with Crippen molar-refractivity contribution < 1.29 is 23.1 Å². The molecule has 5 heteroatoms. The van der Waals surface area contributed by atoms with E-state index in [9.17, 15) is 18.4 Å². The Labute approximate surface area is 102 Å². The summed E-state index contributed by atoms with van der Waals surface area (Å²) < 4.78 is 30.9. The molecule has 0 aromatic heterocycles. The normalized spacial score (nSPS) is 15.2. The summed E-state index contributed by atoms with van der Waals surface area (Å²) in [6.07, 6.45) is 2.72. The van der Waals surface area contributed by atoms with Crippen molar-refractivity contribution in [2.75, 3.05) is 0 Å². The SMILES string of the molecule is O=C1C=C(OC(=O)c2ccc(F)cc2F)CCC1. The fraction of sp³-hybridized carbons (Fsp3) is 0.231. The van der Waals surface area contributed by atoms with Crippen LogP contribution in [0.25, 0.3) is 0 Å². The molecule has 0 amide bonds. The number of ketones is 1. The van der Waals surface area contributed by atoms with E-state index in [-0.39, 0.29) is 17.1 Å². The largest absolute Gasteiger partial charge is 0.427 e. The van der Waals surface area contributed by atoms with Crippen molar-refractivity contribution in [1.29, 1.82) is 0 Å². The molecule has 0 unspecified atom stereocenters. The van der Waals surface area contributed by atoms with Crippen LogP contribution in [0.15, 0.2) is 30.0 Å². The molecule has 1 aliphatic carbocycles. The van der Waals surface area contributed by atoms with Crippen LogP contribution in [0.4, 0.5) is 8.78 Å². The number of rotatable bonds is 2. The second-order valence-corrected chi connectivity index (χ2v) is 3.94. The molecule has 3 nitrogen and oxygen atoms in total. The van der Waals surface area contributed by atoms with Crippen LogP contribution in [0.1, 0.15) is 29.6 Å². The van der Waals surface area contributed by atoms with Crippen LogP contribution in [0.5, 0.6) is 0 Å². The van der Waals surface area contributed by atoms with Gasteiger partial charge in [-0.25, -0.2) is 13.6 Å². The van der Waals surface area contributed by atoms with E-state index in [0.717, 1.165) is 12.1 Å². The molecule has 1 aliphatic rings. The van der Waals surface area contributed by atoms with Crippen LogP contribution in [-0.2, 0) is 9.53 Å². The summed E-state index contributed by atoms with van der Waals surface area (Å²) in [6.45, 7) is 0. The highest BCUT2D eigenvalue weighted by Gasteiger charge is 2.18. The predicted octanol–water partition coefficient (Wildman–Crippen LogP) is 2.76.